The Morgan fingerprint density at radius 3 is 2.21 bits per heavy atom. The Morgan fingerprint density at radius 2 is 1.52 bits per heavy atom. The number of rotatable bonds is 6. The average Bonchev–Trinajstić information content (AvgIpc) is 3.00. The van der Waals surface area contributed by atoms with E-state index in [1.54, 1.807) is 19.2 Å². The van der Waals surface area contributed by atoms with Crippen LogP contribution in [-0.4, -0.2) is 24.5 Å². The zero-order valence-electron chi connectivity index (χ0n) is 23.0. The maximum absolute atomic E-state index is 13.1. The van der Waals surface area contributed by atoms with Crippen molar-refractivity contribution in [3.63, 3.8) is 0 Å². The lowest BCUT2D eigenvalue weighted by Crippen LogP contribution is -2.30. The highest BCUT2D eigenvalue weighted by atomic mass is 19.4. The van der Waals surface area contributed by atoms with E-state index in [4.69, 9.17) is 10.5 Å². The molecule has 0 bridgehead atoms. The van der Waals surface area contributed by atoms with Gasteiger partial charge in [-0.3, -0.25) is 9.69 Å². The molecule has 212 valence electrons. The van der Waals surface area contributed by atoms with Crippen LogP contribution < -0.4 is 10.5 Å². The number of benzene rings is 5. The van der Waals surface area contributed by atoms with Crippen molar-refractivity contribution in [3.8, 4) is 28.0 Å². The molecule has 5 aromatic rings. The van der Waals surface area contributed by atoms with E-state index in [0.29, 0.717) is 22.3 Å². The number of fused-ring (bicyclic) bond motifs is 2. The van der Waals surface area contributed by atoms with E-state index in [1.807, 2.05) is 30.3 Å². The topological polar surface area (TPSA) is 55.6 Å². The number of hydrogen-bond acceptors (Lipinski definition) is 3. The van der Waals surface area contributed by atoms with Gasteiger partial charge in [-0.2, -0.15) is 13.2 Å². The molecule has 0 fully saturated rings. The normalized spacial score (nSPS) is 13.6. The molecule has 0 saturated heterocycles. The Balaban J connectivity index is 1.28. The summed E-state index contributed by atoms with van der Waals surface area (Å²) in [5.74, 6) is 0.236. The van der Waals surface area contributed by atoms with Crippen LogP contribution in [0.15, 0.2) is 97.1 Å². The molecule has 42 heavy (non-hydrogen) atoms. The van der Waals surface area contributed by atoms with E-state index < -0.39 is 17.6 Å². The van der Waals surface area contributed by atoms with Gasteiger partial charge in [-0.05, 0) is 69.0 Å². The maximum atomic E-state index is 13.1. The van der Waals surface area contributed by atoms with E-state index in [2.05, 4.69) is 35.2 Å². The SMILES string of the molecule is COc1ccc(CN2CCc3cc(-c4cccc(-c5ccc(C(F)(F)F)cc5)c4C(N)=O)ccc3C2)c2ccccc12. The van der Waals surface area contributed by atoms with Crippen molar-refractivity contribution in [1.29, 1.82) is 0 Å². The first-order chi connectivity index (χ1) is 20.2. The summed E-state index contributed by atoms with van der Waals surface area (Å²) < 4.78 is 44.8. The predicted molar refractivity (Wildman–Crippen MR) is 159 cm³/mol. The lowest BCUT2D eigenvalue weighted by Gasteiger charge is -2.30. The second-order valence-corrected chi connectivity index (χ2v) is 10.6. The monoisotopic (exact) mass is 566 g/mol. The van der Waals surface area contributed by atoms with Gasteiger partial charge < -0.3 is 10.5 Å². The highest BCUT2D eigenvalue weighted by molar-refractivity contribution is 6.06. The van der Waals surface area contributed by atoms with Crippen molar-refractivity contribution >= 4 is 16.7 Å². The predicted octanol–water partition coefficient (Wildman–Crippen LogP) is 7.86. The fourth-order valence-corrected chi connectivity index (χ4v) is 5.94. The third-order valence-corrected chi connectivity index (χ3v) is 8.03. The minimum absolute atomic E-state index is 0.293. The van der Waals surface area contributed by atoms with Crippen LogP contribution in [-0.2, 0) is 25.7 Å². The van der Waals surface area contributed by atoms with E-state index in [-0.39, 0.29) is 0 Å². The molecule has 2 N–H and O–H groups in total. The standard InChI is InChI=1S/C35H29F3N2O2/c1-42-32-16-13-26(28-5-2-3-6-31(28)32)21-40-18-17-23-19-24(9-10-25(23)20-40)30-8-4-7-29(33(30)34(39)41)22-11-14-27(15-12-22)35(36,37)38/h2-16,19H,17-18,20-21H2,1H3,(H2,39,41). The van der Waals surface area contributed by atoms with Crippen LogP contribution in [0.1, 0.15) is 32.6 Å². The number of methoxy groups -OCH3 is 1. The first kappa shape index (κ1) is 27.5. The Labute approximate surface area is 242 Å². The molecule has 0 unspecified atom stereocenters. The van der Waals surface area contributed by atoms with Gasteiger partial charge in [-0.25, -0.2) is 0 Å². The van der Waals surface area contributed by atoms with Crippen LogP contribution >= 0.6 is 0 Å². The molecule has 0 spiro atoms. The second-order valence-electron chi connectivity index (χ2n) is 10.6. The quantitative estimate of drug-likeness (QED) is 0.228. The van der Waals surface area contributed by atoms with Gasteiger partial charge in [0.15, 0.2) is 0 Å². The largest absolute Gasteiger partial charge is 0.496 e. The molecule has 0 atom stereocenters. The molecule has 1 aliphatic rings. The number of nitrogens with two attached hydrogens (primary N) is 1. The number of primary amides is 1. The van der Waals surface area contributed by atoms with Gasteiger partial charge >= 0.3 is 6.18 Å². The molecular weight excluding hydrogens is 537 g/mol. The van der Waals surface area contributed by atoms with Crippen LogP contribution in [0.3, 0.4) is 0 Å². The zero-order chi connectivity index (χ0) is 29.4. The lowest BCUT2D eigenvalue weighted by molar-refractivity contribution is -0.137. The molecule has 1 heterocycles. The summed E-state index contributed by atoms with van der Waals surface area (Å²) in [5.41, 5.74) is 11.6. The van der Waals surface area contributed by atoms with Crippen molar-refractivity contribution < 1.29 is 22.7 Å². The van der Waals surface area contributed by atoms with Gasteiger partial charge in [0.05, 0.1) is 18.2 Å². The number of carbonyl (C=O) groups is 1. The molecule has 0 saturated carbocycles. The molecule has 1 aliphatic heterocycles. The van der Waals surface area contributed by atoms with Crippen LogP contribution in [0.5, 0.6) is 5.75 Å². The molecule has 0 aromatic heterocycles. The molecular formula is C35H29F3N2O2. The molecule has 4 nitrogen and oxygen atoms in total. The third-order valence-electron chi connectivity index (χ3n) is 8.03. The van der Waals surface area contributed by atoms with Crippen molar-refractivity contribution in [3.05, 3.63) is 125 Å². The van der Waals surface area contributed by atoms with Crippen LogP contribution in [0.4, 0.5) is 13.2 Å². The summed E-state index contributed by atoms with van der Waals surface area (Å²) in [4.78, 5) is 15.1. The lowest BCUT2D eigenvalue weighted by atomic mass is 9.88. The fraction of sp³-hybridized carbons (Fsp3) is 0.171. The maximum Gasteiger partial charge on any atom is 0.416 e. The summed E-state index contributed by atoms with van der Waals surface area (Å²) in [5, 5.41) is 2.29. The number of alkyl halides is 3. The number of halogens is 3. The van der Waals surface area contributed by atoms with Crippen LogP contribution in [0.25, 0.3) is 33.0 Å². The van der Waals surface area contributed by atoms with Crippen LogP contribution in [0.2, 0.25) is 0 Å². The minimum atomic E-state index is -4.44. The van der Waals surface area contributed by atoms with Gasteiger partial charge in [0, 0.05) is 25.0 Å². The molecule has 6 rings (SSSR count). The Bertz CT molecular complexity index is 1800. The van der Waals surface area contributed by atoms with Gasteiger partial charge in [0.2, 0.25) is 5.91 Å². The van der Waals surface area contributed by atoms with Crippen molar-refractivity contribution in [2.24, 2.45) is 5.73 Å². The molecule has 7 heteroatoms. The Hall–Kier alpha value is -4.62. The number of ether oxygens (including phenoxy) is 1. The summed E-state index contributed by atoms with van der Waals surface area (Å²) in [7, 11) is 1.69. The third kappa shape index (κ3) is 5.23. The van der Waals surface area contributed by atoms with Gasteiger partial charge in [-0.15, -0.1) is 0 Å². The van der Waals surface area contributed by atoms with Gasteiger partial charge in [-0.1, -0.05) is 78.9 Å². The smallest absolute Gasteiger partial charge is 0.416 e. The zero-order valence-corrected chi connectivity index (χ0v) is 23.0. The van der Waals surface area contributed by atoms with E-state index in [9.17, 15) is 18.0 Å². The summed E-state index contributed by atoms with van der Waals surface area (Å²) >= 11 is 0. The van der Waals surface area contributed by atoms with Crippen molar-refractivity contribution in [2.45, 2.75) is 25.7 Å². The number of amides is 1. The Morgan fingerprint density at radius 1 is 0.833 bits per heavy atom. The average molecular weight is 567 g/mol. The van der Waals surface area contributed by atoms with Gasteiger partial charge in [0.1, 0.15) is 5.75 Å². The fourth-order valence-electron chi connectivity index (χ4n) is 5.94. The summed E-state index contributed by atoms with van der Waals surface area (Å²) in [6.07, 6.45) is -3.59. The highest BCUT2D eigenvalue weighted by Crippen LogP contribution is 2.36. The van der Waals surface area contributed by atoms with E-state index in [0.717, 1.165) is 54.9 Å². The van der Waals surface area contributed by atoms with Crippen LogP contribution in [0, 0.1) is 0 Å². The second kappa shape index (κ2) is 11.0. The van der Waals surface area contributed by atoms with Crippen molar-refractivity contribution in [2.75, 3.05) is 13.7 Å². The molecule has 0 aliphatic carbocycles. The molecule has 5 aromatic carbocycles. The molecule has 0 radical (unpaired) electrons. The summed E-state index contributed by atoms with van der Waals surface area (Å²) in [6.45, 7) is 2.49. The highest BCUT2D eigenvalue weighted by Gasteiger charge is 2.30. The number of nitrogens with zero attached hydrogens (tertiary/aromatic N) is 1. The first-order valence-corrected chi connectivity index (χ1v) is 13.7. The molecule has 1 amide bonds. The number of hydrogen-bond donors (Lipinski definition) is 1. The van der Waals surface area contributed by atoms with E-state index in [1.165, 1.54) is 34.2 Å². The van der Waals surface area contributed by atoms with Crippen molar-refractivity contribution in [1.82, 2.24) is 4.90 Å². The first-order valence-electron chi connectivity index (χ1n) is 13.7. The van der Waals surface area contributed by atoms with Gasteiger partial charge in [0.25, 0.3) is 0 Å². The minimum Gasteiger partial charge on any atom is -0.496 e. The van der Waals surface area contributed by atoms with E-state index >= 15 is 0 Å². The number of carbonyl (C=O) groups excluding carboxylic acids is 1. The Kier molecular flexibility index (Phi) is 7.21. The summed E-state index contributed by atoms with van der Waals surface area (Å²) in [6, 6.07) is 28.8.